The molecule has 0 N–H and O–H groups in total. The maximum atomic E-state index is 13.0. The fourth-order valence-electron chi connectivity index (χ4n) is 3.50. The number of nitrogens with zero attached hydrogens (tertiary/aromatic N) is 2. The van der Waals surface area contributed by atoms with Crippen molar-refractivity contribution in [2.45, 2.75) is 25.8 Å². The summed E-state index contributed by atoms with van der Waals surface area (Å²) in [6.07, 6.45) is 1.34. The summed E-state index contributed by atoms with van der Waals surface area (Å²) in [5.41, 5.74) is 2.82. The van der Waals surface area contributed by atoms with Gasteiger partial charge in [0.05, 0.1) is 23.9 Å². The number of esters is 1. The van der Waals surface area contributed by atoms with Gasteiger partial charge in [-0.05, 0) is 49.1 Å². The summed E-state index contributed by atoms with van der Waals surface area (Å²) in [5.74, 6) is -0.453. The Morgan fingerprint density at radius 1 is 1.11 bits per heavy atom. The first-order valence-corrected chi connectivity index (χ1v) is 9.55. The smallest absolute Gasteiger partial charge is 0.346 e. The Balaban J connectivity index is 1.71. The minimum absolute atomic E-state index is 0.173. The van der Waals surface area contributed by atoms with E-state index in [1.807, 2.05) is 24.3 Å². The van der Waals surface area contributed by atoms with E-state index < -0.39 is 5.97 Å². The summed E-state index contributed by atoms with van der Waals surface area (Å²) in [5, 5.41) is 0. The van der Waals surface area contributed by atoms with Gasteiger partial charge in [-0.15, -0.1) is 0 Å². The van der Waals surface area contributed by atoms with Crippen molar-refractivity contribution < 1.29 is 9.53 Å². The molecule has 3 aromatic rings. The zero-order valence-electron chi connectivity index (χ0n) is 14.8. The Labute approximate surface area is 159 Å². The van der Waals surface area contributed by atoms with E-state index in [9.17, 15) is 14.4 Å². The lowest BCUT2D eigenvalue weighted by Gasteiger charge is -2.08. The highest BCUT2D eigenvalue weighted by atomic mass is 32.1. The topological polar surface area (TPSA) is 70.3 Å². The fourth-order valence-corrected chi connectivity index (χ4v) is 4.35. The highest BCUT2D eigenvalue weighted by Crippen LogP contribution is 2.28. The van der Waals surface area contributed by atoms with Crippen LogP contribution < -0.4 is 10.6 Å². The molecule has 0 radical (unpaired) electrons. The largest absolute Gasteiger partial charge is 0.462 e. The number of carbonyl (C=O) groups is 1. The van der Waals surface area contributed by atoms with E-state index in [1.54, 1.807) is 31.2 Å². The number of rotatable bonds is 4. The van der Waals surface area contributed by atoms with Gasteiger partial charge in [0.2, 0.25) is 0 Å². The van der Waals surface area contributed by atoms with E-state index in [4.69, 9.17) is 4.74 Å². The molecule has 0 unspecified atom stereocenters. The van der Waals surface area contributed by atoms with Crippen LogP contribution in [-0.2, 0) is 17.6 Å². The molecule has 0 spiro atoms. The van der Waals surface area contributed by atoms with Gasteiger partial charge in [-0.1, -0.05) is 30.3 Å². The van der Waals surface area contributed by atoms with Gasteiger partial charge in [0.25, 0.3) is 0 Å². The average molecular weight is 382 g/mol. The minimum Gasteiger partial charge on any atom is -0.462 e. The first kappa shape index (κ1) is 17.5. The monoisotopic (exact) mass is 382 g/mol. The molecule has 0 fully saturated rings. The number of benzene rings is 2. The van der Waals surface area contributed by atoms with E-state index in [-0.39, 0.29) is 23.2 Å². The summed E-state index contributed by atoms with van der Waals surface area (Å²) in [4.78, 5) is 37.2. The molecule has 0 atom stereocenters. The Morgan fingerprint density at radius 3 is 2.48 bits per heavy atom. The lowest BCUT2D eigenvalue weighted by Crippen LogP contribution is -2.32. The number of fused-ring (bicyclic) bond motifs is 1. The maximum absolute atomic E-state index is 13.0. The van der Waals surface area contributed by atoms with Crippen LogP contribution in [0.2, 0.25) is 0 Å². The lowest BCUT2D eigenvalue weighted by molar-refractivity contribution is 0.0526. The van der Waals surface area contributed by atoms with Gasteiger partial charge < -0.3 is 4.74 Å². The van der Waals surface area contributed by atoms with Crippen molar-refractivity contribution in [3.63, 3.8) is 0 Å². The lowest BCUT2D eigenvalue weighted by atomic mass is 10.1. The number of aromatic nitrogens is 2. The predicted octanol–water partition coefficient (Wildman–Crippen LogP) is 2.58. The molecule has 7 heteroatoms. The Bertz CT molecular complexity index is 1100. The molecule has 0 bridgehead atoms. The number of ether oxygens (including phenoxy) is 1. The van der Waals surface area contributed by atoms with Crippen molar-refractivity contribution in [3.8, 4) is 5.69 Å². The molecular weight excluding hydrogens is 364 g/mol. The molecule has 4 rings (SSSR count). The molecule has 0 amide bonds. The number of hydrogen-bond donors (Lipinski definition) is 0. The van der Waals surface area contributed by atoms with Crippen LogP contribution in [0.25, 0.3) is 5.69 Å². The average Bonchev–Trinajstić information content (AvgIpc) is 3.22. The van der Waals surface area contributed by atoms with Gasteiger partial charge in [-0.3, -0.25) is 4.79 Å². The Kier molecular flexibility index (Phi) is 4.53. The van der Waals surface area contributed by atoms with Crippen molar-refractivity contribution in [1.82, 2.24) is 8.52 Å². The van der Waals surface area contributed by atoms with Crippen LogP contribution in [0.3, 0.4) is 0 Å². The third kappa shape index (κ3) is 3.14. The number of hydrogen-bond acceptors (Lipinski definition) is 5. The molecule has 1 heterocycles. The standard InChI is InChI=1S/C20H18N2O4S/c1-2-26-18(23)15-8-5-9-16(12-15)22-19(24)21(20(25)27-22)17-10-13-6-3-4-7-14(13)11-17/h3-9,12,17H,2,10-11H2,1H3. The van der Waals surface area contributed by atoms with Gasteiger partial charge in [-0.2, -0.15) is 0 Å². The van der Waals surface area contributed by atoms with Crippen molar-refractivity contribution in [3.05, 3.63) is 85.4 Å². The summed E-state index contributed by atoms with van der Waals surface area (Å²) in [7, 11) is 0. The van der Waals surface area contributed by atoms with Crippen molar-refractivity contribution >= 4 is 17.5 Å². The molecule has 138 valence electrons. The zero-order chi connectivity index (χ0) is 19.0. The van der Waals surface area contributed by atoms with Crippen LogP contribution >= 0.6 is 11.5 Å². The van der Waals surface area contributed by atoms with Crippen LogP contribution in [0.4, 0.5) is 0 Å². The SMILES string of the molecule is CCOC(=O)c1cccc(-n2sc(=O)n(C3Cc4ccccc4C3)c2=O)c1. The quantitative estimate of drug-likeness (QED) is 0.651. The maximum Gasteiger partial charge on any atom is 0.346 e. The van der Waals surface area contributed by atoms with E-state index in [0.29, 0.717) is 24.1 Å². The van der Waals surface area contributed by atoms with Crippen LogP contribution in [0, 0.1) is 0 Å². The molecule has 0 saturated carbocycles. The molecule has 27 heavy (non-hydrogen) atoms. The second kappa shape index (κ2) is 7.00. The van der Waals surface area contributed by atoms with E-state index in [0.717, 1.165) is 11.5 Å². The van der Waals surface area contributed by atoms with E-state index in [1.165, 1.54) is 19.7 Å². The first-order valence-electron chi connectivity index (χ1n) is 8.77. The highest BCUT2D eigenvalue weighted by molar-refractivity contribution is 7.03. The van der Waals surface area contributed by atoms with Crippen LogP contribution in [0.5, 0.6) is 0 Å². The van der Waals surface area contributed by atoms with Gasteiger partial charge in [-0.25, -0.2) is 18.1 Å². The van der Waals surface area contributed by atoms with Crippen LogP contribution in [-0.4, -0.2) is 21.1 Å². The first-order chi connectivity index (χ1) is 13.1. The van der Waals surface area contributed by atoms with Crippen molar-refractivity contribution in [1.29, 1.82) is 0 Å². The molecule has 2 aromatic carbocycles. The van der Waals surface area contributed by atoms with E-state index in [2.05, 4.69) is 0 Å². The molecule has 0 saturated heterocycles. The second-order valence-electron chi connectivity index (χ2n) is 6.41. The van der Waals surface area contributed by atoms with Gasteiger partial charge in [0.15, 0.2) is 0 Å². The predicted molar refractivity (Wildman–Crippen MR) is 103 cm³/mol. The Hall–Kier alpha value is -2.93. The molecule has 6 nitrogen and oxygen atoms in total. The van der Waals surface area contributed by atoms with Gasteiger partial charge in [0.1, 0.15) is 0 Å². The highest BCUT2D eigenvalue weighted by Gasteiger charge is 2.27. The third-order valence-electron chi connectivity index (χ3n) is 4.73. The fraction of sp³-hybridized carbons (Fsp3) is 0.250. The van der Waals surface area contributed by atoms with E-state index >= 15 is 0 Å². The third-order valence-corrected chi connectivity index (χ3v) is 5.63. The Morgan fingerprint density at radius 2 is 1.81 bits per heavy atom. The normalized spacial score (nSPS) is 13.5. The minimum atomic E-state index is -0.453. The molecule has 1 aliphatic rings. The van der Waals surface area contributed by atoms with Crippen LogP contribution in [0.15, 0.2) is 58.1 Å². The van der Waals surface area contributed by atoms with Crippen molar-refractivity contribution in [2.75, 3.05) is 6.61 Å². The molecule has 1 aliphatic carbocycles. The molecule has 0 aliphatic heterocycles. The molecular formula is C20H18N2O4S. The van der Waals surface area contributed by atoms with Crippen LogP contribution in [0.1, 0.15) is 34.5 Å². The summed E-state index contributed by atoms with van der Waals surface area (Å²) in [6.45, 7) is 2.01. The zero-order valence-corrected chi connectivity index (χ0v) is 15.6. The number of carbonyl (C=O) groups excluding carboxylic acids is 1. The van der Waals surface area contributed by atoms with Gasteiger partial charge >= 0.3 is 16.5 Å². The van der Waals surface area contributed by atoms with Gasteiger partial charge in [0, 0.05) is 11.5 Å². The molecule has 1 aromatic heterocycles. The summed E-state index contributed by atoms with van der Waals surface area (Å²) >= 11 is 0.853. The summed E-state index contributed by atoms with van der Waals surface area (Å²) < 4.78 is 7.68. The summed E-state index contributed by atoms with van der Waals surface area (Å²) in [6, 6.07) is 14.4. The van der Waals surface area contributed by atoms with Crippen molar-refractivity contribution in [2.24, 2.45) is 0 Å². The second-order valence-corrected chi connectivity index (χ2v) is 7.30.